The molecule has 88 valence electrons. The Bertz CT molecular complexity index is 392. The number of nitrogens with zero attached hydrogens (tertiary/aromatic N) is 3. The first-order valence-corrected chi connectivity index (χ1v) is 5.16. The molecule has 0 radical (unpaired) electrons. The molecule has 0 unspecified atom stereocenters. The summed E-state index contributed by atoms with van der Waals surface area (Å²) < 4.78 is 4.94. The summed E-state index contributed by atoms with van der Waals surface area (Å²) in [7, 11) is 0. The van der Waals surface area contributed by atoms with Crippen molar-refractivity contribution < 1.29 is 14.4 Å². The van der Waals surface area contributed by atoms with Crippen LogP contribution in [0.3, 0.4) is 0 Å². The number of carbonyl (C=O) groups is 1. The SMILES string of the molecule is C[C@@H]1CCN(C(=O)O)[C@@H](c2nc(N)no2)C1. The zero-order valence-corrected chi connectivity index (χ0v) is 8.96. The van der Waals surface area contributed by atoms with E-state index in [1.54, 1.807) is 0 Å². The van der Waals surface area contributed by atoms with Gasteiger partial charge in [0.15, 0.2) is 0 Å². The molecule has 0 spiro atoms. The third-order valence-electron chi connectivity index (χ3n) is 2.85. The summed E-state index contributed by atoms with van der Waals surface area (Å²) in [6, 6.07) is -0.369. The van der Waals surface area contributed by atoms with Gasteiger partial charge in [-0.2, -0.15) is 4.98 Å². The fraction of sp³-hybridized carbons (Fsp3) is 0.667. The Kier molecular flexibility index (Phi) is 2.67. The first-order chi connectivity index (χ1) is 7.58. The number of amides is 1. The summed E-state index contributed by atoms with van der Waals surface area (Å²) >= 11 is 0. The first kappa shape index (κ1) is 10.7. The van der Waals surface area contributed by atoms with Crippen LogP contribution in [0.1, 0.15) is 31.7 Å². The zero-order valence-electron chi connectivity index (χ0n) is 8.96. The molecule has 0 saturated carbocycles. The average Bonchev–Trinajstić information content (AvgIpc) is 2.64. The zero-order chi connectivity index (χ0) is 11.7. The van der Waals surface area contributed by atoms with Crippen LogP contribution in [0.5, 0.6) is 0 Å². The van der Waals surface area contributed by atoms with E-state index in [0.717, 1.165) is 6.42 Å². The average molecular weight is 226 g/mol. The number of nitrogens with two attached hydrogens (primary N) is 1. The highest BCUT2D eigenvalue weighted by atomic mass is 16.5. The fourth-order valence-corrected chi connectivity index (χ4v) is 1.99. The van der Waals surface area contributed by atoms with Gasteiger partial charge in [-0.3, -0.25) is 4.90 Å². The number of carboxylic acid groups (broad SMARTS) is 1. The van der Waals surface area contributed by atoms with Gasteiger partial charge in [0.25, 0.3) is 11.8 Å². The fourth-order valence-electron chi connectivity index (χ4n) is 1.99. The third kappa shape index (κ3) is 1.93. The van der Waals surface area contributed by atoms with Crippen molar-refractivity contribution in [1.82, 2.24) is 15.0 Å². The lowest BCUT2D eigenvalue weighted by atomic mass is 9.93. The number of likely N-dealkylation sites (tertiary alicyclic amines) is 1. The number of rotatable bonds is 1. The predicted octanol–water partition coefficient (Wildman–Crippen LogP) is 1.10. The van der Waals surface area contributed by atoms with E-state index in [-0.39, 0.29) is 17.9 Å². The Morgan fingerprint density at radius 2 is 2.44 bits per heavy atom. The maximum Gasteiger partial charge on any atom is 0.407 e. The van der Waals surface area contributed by atoms with Gasteiger partial charge in [0.2, 0.25) is 0 Å². The van der Waals surface area contributed by atoms with E-state index in [9.17, 15) is 4.79 Å². The molecule has 1 aliphatic heterocycles. The molecule has 7 heteroatoms. The molecule has 16 heavy (non-hydrogen) atoms. The molecular weight excluding hydrogens is 212 g/mol. The van der Waals surface area contributed by atoms with Crippen LogP contribution in [0.4, 0.5) is 10.7 Å². The second-order valence-corrected chi connectivity index (χ2v) is 4.11. The van der Waals surface area contributed by atoms with Gasteiger partial charge in [0.05, 0.1) is 0 Å². The van der Waals surface area contributed by atoms with Crippen LogP contribution >= 0.6 is 0 Å². The Balaban J connectivity index is 2.23. The van der Waals surface area contributed by atoms with Crippen LogP contribution in [-0.4, -0.2) is 32.8 Å². The van der Waals surface area contributed by atoms with E-state index in [1.165, 1.54) is 4.90 Å². The standard InChI is InChI=1S/C9H14N4O3/c1-5-2-3-13(9(14)15)6(4-5)7-11-8(10)12-16-7/h5-6H,2-4H2,1H3,(H2,10,12)(H,14,15)/t5-,6-/m1/s1. The molecule has 3 N–H and O–H groups in total. The van der Waals surface area contributed by atoms with E-state index in [1.807, 2.05) is 0 Å². The van der Waals surface area contributed by atoms with Crippen molar-refractivity contribution in [3.8, 4) is 0 Å². The summed E-state index contributed by atoms with van der Waals surface area (Å²) in [6.45, 7) is 2.56. The van der Waals surface area contributed by atoms with Crippen molar-refractivity contribution in [2.24, 2.45) is 5.92 Å². The molecular formula is C9H14N4O3. The van der Waals surface area contributed by atoms with Gasteiger partial charge in [-0.05, 0) is 23.9 Å². The summed E-state index contributed by atoms with van der Waals surface area (Å²) in [6.07, 6.45) is 0.578. The lowest BCUT2D eigenvalue weighted by Gasteiger charge is -2.34. The van der Waals surface area contributed by atoms with E-state index in [2.05, 4.69) is 17.1 Å². The van der Waals surface area contributed by atoms with Crippen LogP contribution < -0.4 is 5.73 Å². The predicted molar refractivity (Wildman–Crippen MR) is 54.6 cm³/mol. The quantitative estimate of drug-likeness (QED) is 0.742. The number of anilines is 1. The van der Waals surface area contributed by atoms with Gasteiger partial charge in [-0.1, -0.05) is 6.92 Å². The van der Waals surface area contributed by atoms with E-state index < -0.39 is 6.09 Å². The second-order valence-electron chi connectivity index (χ2n) is 4.11. The molecule has 1 amide bonds. The van der Waals surface area contributed by atoms with Crippen molar-refractivity contribution in [3.05, 3.63) is 5.89 Å². The maximum absolute atomic E-state index is 11.1. The summed E-state index contributed by atoms with van der Waals surface area (Å²) in [5, 5.41) is 12.6. The van der Waals surface area contributed by atoms with Crippen LogP contribution in [0.15, 0.2) is 4.52 Å². The minimum Gasteiger partial charge on any atom is -0.465 e. The number of hydrogen-bond acceptors (Lipinski definition) is 5. The van der Waals surface area contributed by atoms with Gasteiger partial charge in [-0.25, -0.2) is 4.79 Å². The van der Waals surface area contributed by atoms with Gasteiger partial charge < -0.3 is 15.4 Å². The smallest absolute Gasteiger partial charge is 0.407 e. The van der Waals surface area contributed by atoms with Crippen LogP contribution in [0, 0.1) is 5.92 Å². The number of aromatic nitrogens is 2. The van der Waals surface area contributed by atoms with Crippen molar-refractivity contribution in [1.29, 1.82) is 0 Å². The molecule has 1 saturated heterocycles. The van der Waals surface area contributed by atoms with E-state index >= 15 is 0 Å². The lowest BCUT2D eigenvalue weighted by molar-refractivity contribution is 0.0786. The molecule has 2 heterocycles. The lowest BCUT2D eigenvalue weighted by Crippen LogP contribution is -2.39. The minimum atomic E-state index is -0.964. The molecule has 1 aliphatic rings. The third-order valence-corrected chi connectivity index (χ3v) is 2.85. The van der Waals surface area contributed by atoms with Crippen LogP contribution in [-0.2, 0) is 0 Å². The van der Waals surface area contributed by atoms with Crippen LogP contribution in [0.2, 0.25) is 0 Å². The molecule has 0 aliphatic carbocycles. The number of hydrogen-bond donors (Lipinski definition) is 2. The first-order valence-electron chi connectivity index (χ1n) is 5.16. The minimum absolute atomic E-state index is 0.0403. The normalized spacial score (nSPS) is 25.7. The molecule has 1 fully saturated rings. The van der Waals surface area contributed by atoms with Crippen LogP contribution in [0.25, 0.3) is 0 Å². The molecule has 0 aromatic carbocycles. The topological polar surface area (TPSA) is 105 Å². The number of piperidine rings is 1. The van der Waals surface area contributed by atoms with Gasteiger partial charge in [0.1, 0.15) is 6.04 Å². The number of nitrogen functional groups attached to an aromatic ring is 1. The van der Waals surface area contributed by atoms with Crippen molar-refractivity contribution in [2.75, 3.05) is 12.3 Å². The summed E-state index contributed by atoms with van der Waals surface area (Å²) in [5.41, 5.74) is 5.36. The molecule has 0 bridgehead atoms. The largest absolute Gasteiger partial charge is 0.465 e. The van der Waals surface area contributed by atoms with Gasteiger partial charge in [-0.15, -0.1) is 0 Å². The summed E-state index contributed by atoms with van der Waals surface area (Å²) in [5.74, 6) is 0.763. The molecule has 1 aromatic rings. The van der Waals surface area contributed by atoms with E-state index in [4.69, 9.17) is 15.4 Å². The van der Waals surface area contributed by atoms with E-state index in [0.29, 0.717) is 18.9 Å². The highest BCUT2D eigenvalue weighted by molar-refractivity contribution is 5.65. The molecule has 2 atom stereocenters. The Morgan fingerprint density at radius 1 is 1.69 bits per heavy atom. The highest BCUT2D eigenvalue weighted by Gasteiger charge is 2.34. The molecule has 2 rings (SSSR count). The maximum atomic E-state index is 11.1. The highest BCUT2D eigenvalue weighted by Crippen LogP contribution is 2.33. The van der Waals surface area contributed by atoms with Crippen molar-refractivity contribution in [2.45, 2.75) is 25.8 Å². The van der Waals surface area contributed by atoms with Crippen molar-refractivity contribution in [3.63, 3.8) is 0 Å². The van der Waals surface area contributed by atoms with Crippen molar-refractivity contribution >= 4 is 12.0 Å². The summed E-state index contributed by atoms with van der Waals surface area (Å²) in [4.78, 5) is 16.3. The monoisotopic (exact) mass is 226 g/mol. The Morgan fingerprint density at radius 3 is 3.00 bits per heavy atom. The van der Waals surface area contributed by atoms with Gasteiger partial charge in [0, 0.05) is 6.54 Å². The Labute approximate surface area is 92.2 Å². The molecule has 1 aromatic heterocycles. The second kappa shape index (κ2) is 3.99. The van der Waals surface area contributed by atoms with Gasteiger partial charge >= 0.3 is 6.09 Å². The Hall–Kier alpha value is -1.79. The molecule has 7 nitrogen and oxygen atoms in total.